The molecule has 20 aromatic rings. The molecular formula is C98H61N5O2. The summed E-state index contributed by atoms with van der Waals surface area (Å²) in [4.78, 5) is 47.6. The molecule has 0 saturated heterocycles. The first kappa shape index (κ1) is 61.9. The predicted octanol–water partition coefficient (Wildman–Crippen LogP) is 25.0. The quantitative estimate of drug-likeness (QED) is 0.117. The molecule has 5 heterocycles. The van der Waals surface area contributed by atoms with E-state index in [2.05, 4.69) is 243 Å². The lowest BCUT2D eigenvalue weighted by molar-refractivity contribution is 0.0893. The number of fused-ring (bicyclic) bond motifs is 13. The number of carbonyl (C=O) groups excluding carboxylic acids is 2. The van der Waals surface area contributed by atoms with E-state index in [1.165, 1.54) is 104 Å². The van der Waals surface area contributed by atoms with Crippen molar-refractivity contribution < 1.29 is 9.59 Å². The SMILES string of the molecule is O=C1c2cccc3c(-c4cccc5ccccc45)ccc(c23)C(=O)N1c1ccccc1.c1ccc(-c2cccc3cc(-c4cc5cccc(-c6ccccc6)c5c5ncccc45)c4cccnc4c23)cc1.c1ccc(-c2cccc3cc(-c4cc5ccccc5c5ncccc45)c4cccnc4c23)cc1. The summed E-state index contributed by atoms with van der Waals surface area (Å²) in [5.74, 6) is -0.575. The van der Waals surface area contributed by atoms with Crippen LogP contribution in [0.15, 0.2) is 371 Å². The minimum atomic E-state index is -0.288. The summed E-state index contributed by atoms with van der Waals surface area (Å²) in [6.07, 6.45) is 7.58. The van der Waals surface area contributed by atoms with Crippen LogP contribution in [0.4, 0.5) is 5.69 Å². The molecule has 0 unspecified atom stereocenters. The van der Waals surface area contributed by atoms with Gasteiger partial charge in [-0.05, 0) is 177 Å². The highest BCUT2D eigenvalue weighted by molar-refractivity contribution is 6.37. The summed E-state index contributed by atoms with van der Waals surface area (Å²) in [6, 6.07) is 119. The summed E-state index contributed by atoms with van der Waals surface area (Å²) >= 11 is 0. The zero-order valence-corrected chi connectivity index (χ0v) is 56.8. The maximum atomic E-state index is 13.4. The molecule has 0 bridgehead atoms. The van der Waals surface area contributed by atoms with Crippen molar-refractivity contribution in [2.45, 2.75) is 0 Å². The van der Waals surface area contributed by atoms with E-state index in [1.807, 2.05) is 116 Å². The van der Waals surface area contributed by atoms with Crippen LogP contribution in [0.25, 0.3) is 175 Å². The summed E-state index contributed by atoms with van der Waals surface area (Å²) in [5.41, 5.74) is 19.8. The van der Waals surface area contributed by atoms with Crippen molar-refractivity contribution >= 4 is 126 Å². The highest BCUT2D eigenvalue weighted by atomic mass is 16.2. The Bertz CT molecular complexity index is 6700. The Kier molecular flexibility index (Phi) is 15.4. The maximum absolute atomic E-state index is 13.4. The smallest absolute Gasteiger partial charge is 0.265 e. The summed E-state index contributed by atoms with van der Waals surface area (Å²) < 4.78 is 0. The number of carbonyl (C=O) groups is 2. The third-order valence-corrected chi connectivity index (χ3v) is 20.6. The minimum Gasteiger partial charge on any atom is -0.268 e. The van der Waals surface area contributed by atoms with E-state index in [0.29, 0.717) is 16.8 Å². The molecule has 4 aromatic heterocycles. The van der Waals surface area contributed by atoms with Crippen LogP contribution in [-0.2, 0) is 0 Å². The first-order valence-corrected chi connectivity index (χ1v) is 35.3. The minimum absolute atomic E-state index is 0.288. The number of anilines is 1. The molecule has 21 rings (SSSR count). The van der Waals surface area contributed by atoms with Crippen LogP contribution in [-0.4, -0.2) is 31.8 Å². The number of aromatic nitrogens is 4. The second-order valence-corrected chi connectivity index (χ2v) is 26.5. The van der Waals surface area contributed by atoms with E-state index in [0.717, 1.165) is 76.3 Å². The van der Waals surface area contributed by atoms with Crippen molar-refractivity contribution in [1.82, 2.24) is 19.9 Å². The maximum Gasteiger partial charge on any atom is 0.265 e. The number of pyridine rings is 4. The average molecular weight is 1340 g/mol. The van der Waals surface area contributed by atoms with Gasteiger partial charge in [0.15, 0.2) is 0 Å². The van der Waals surface area contributed by atoms with Crippen molar-refractivity contribution in [2.75, 3.05) is 4.90 Å². The van der Waals surface area contributed by atoms with Gasteiger partial charge >= 0.3 is 0 Å². The van der Waals surface area contributed by atoms with Crippen LogP contribution in [0.3, 0.4) is 0 Å². The Hall–Kier alpha value is -14.1. The fourth-order valence-corrected chi connectivity index (χ4v) is 16.0. The highest BCUT2D eigenvalue weighted by Gasteiger charge is 2.35. The zero-order chi connectivity index (χ0) is 69.9. The molecule has 0 spiro atoms. The Morgan fingerprint density at radius 1 is 0.190 bits per heavy atom. The summed E-state index contributed by atoms with van der Waals surface area (Å²) in [6.45, 7) is 0. The molecule has 0 radical (unpaired) electrons. The van der Waals surface area contributed by atoms with Gasteiger partial charge in [-0.3, -0.25) is 29.5 Å². The van der Waals surface area contributed by atoms with Crippen LogP contribution in [0, 0.1) is 0 Å². The van der Waals surface area contributed by atoms with E-state index >= 15 is 0 Å². The van der Waals surface area contributed by atoms with E-state index in [4.69, 9.17) is 19.9 Å². The van der Waals surface area contributed by atoms with Crippen molar-refractivity contribution in [3.05, 3.63) is 382 Å². The van der Waals surface area contributed by atoms with Crippen molar-refractivity contribution in [1.29, 1.82) is 0 Å². The molecule has 0 atom stereocenters. The zero-order valence-electron chi connectivity index (χ0n) is 56.8. The van der Waals surface area contributed by atoms with Gasteiger partial charge in [0.25, 0.3) is 11.8 Å². The number of hydrogen-bond donors (Lipinski definition) is 0. The molecule has 105 heavy (non-hydrogen) atoms. The first-order chi connectivity index (χ1) is 52.0. The molecule has 7 heteroatoms. The number of rotatable bonds is 7. The topological polar surface area (TPSA) is 88.9 Å². The molecule has 0 saturated carbocycles. The Balaban J connectivity index is 0.000000109. The number of para-hydroxylation sites is 1. The molecule has 0 aliphatic carbocycles. The van der Waals surface area contributed by atoms with Crippen molar-refractivity contribution in [3.63, 3.8) is 0 Å². The number of hydrogen-bond acceptors (Lipinski definition) is 6. The van der Waals surface area contributed by atoms with E-state index in [1.54, 1.807) is 12.1 Å². The van der Waals surface area contributed by atoms with Gasteiger partial charge in [-0.15, -0.1) is 0 Å². The van der Waals surface area contributed by atoms with E-state index in [-0.39, 0.29) is 11.8 Å². The van der Waals surface area contributed by atoms with E-state index < -0.39 is 0 Å². The van der Waals surface area contributed by atoms with Gasteiger partial charge in [-0.2, -0.15) is 0 Å². The second kappa shape index (κ2) is 26.1. The third kappa shape index (κ3) is 10.7. The molecule has 1 aliphatic heterocycles. The van der Waals surface area contributed by atoms with Gasteiger partial charge < -0.3 is 0 Å². The predicted molar refractivity (Wildman–Crippen MR) is 436 cm³/mol. The highest BCUT2D eigenvalue weighted by Crippen LogP contribution is 2.47. The third-order valence-electron chi connectivity index (χ3n) is 20.6. The van der Waals surface area contributed by atoms with Crippen LogP contribution in [0.5, 0.6) is 0 Å². The second-order valence-electron chi connectivity index (χ2n) is 26.5. The van der Waals surface area contributed by atoms with Gasteiger partial charge in [0.1, 0.15) is 0 Å². The molecule has 0 fully saturated rings. The number of nitrogens with zero attached hydrogens (tertiary/aromatic N) is 5. The lowest BCUT2D eigenvalue weighted by Gasteiger charge is -2.28. The van der Waals surface area contributed by atoms with Crippen LogP contribution < -0.4 is 4.90 Å². The Morgan fingerprint density at radius 2 is 0.495 bits per heavy atom. The fraction of sp³-hybridized carbons (Fsp3) is 0. The summed E-state index contributed by atoms with van der Waals surface area (Å²) in [7, 11) is 0. The molecule has 490 valence electrons. The standard InChI is InChI=1S/C38H24N2.C32H20N2.C28H17NO2/c1-3-11-25(12-4-1)29-17-7-15-27-23-33(31-19-9-21-39-37(31)35(27)29)34-24-28-16-8-18-30(26-13-5-2-6-14-26)36(28)38-32(34)20-10-22-40-38;1-2-9-21(10-3-1)24-14-6-12-23-20-29(27-16-8-18-34-32(27)30(23)24)28-19-22-11-4-5-13-25(22)31-26(28)15-7-17-33-31;30-27-24-15-7-14-23-22(21-13-6-9-18-8-4-5-12-20(18)21)16-17-25(26(23)24)28(31)29(27)19-10-2-1-3-11-19/h1-24H;1-20H;1-17H. The normalized spacial score (nSPS) is 12.0. The molecule has 16 aromatic carbocycles. The van der Waals surface area contributed by atoms with Crippen molar-refractivity contribution in [3.8, 4) is 66.8 Å². The van der Waals surface area contributed by atoms with Gasteiger partial charge in [0.2, 0.25) is 0 Å². The molecule has 2 amide bonds. The number of imide groups is 1. The fourth-order valence-electron chi connectivity index (χ4n) is 16.0. The van der Waals surface area contributed by atoms with Gasteiger partial charge in [0, 0.05) is 84.4 Å². The lowest BCUT2D eigenvalue weighted by Crippen LogP contribution is -2.40. The Morgan fingerprint density at radius 3 is 0.971 bits per heavy atom. The van der Waals surface area contributed by atoms with Gasteiger partial charge in [-0.1, -0.05) is 273 Å². The number of amides is 2. The summed E-state index contributed by atoms with van der Waals surface area (Å²) in [5, 5.41) is 18.0. The molecule has 1 aliphatic rings. The van der Waals surface area contributed by atoms with Gasteiger partial charge in [0.05, 0.1) is 27.8 Å². The average Bonchev–Trinajstić information content (AvgIpc) is 0.735. The monoisotopic (exact) mass is 1340 g/mol. The largest absolute Gasteiger partial charge is 0.268 e. The molecular weight excluding hydrogens is 1280 g/mol. The first-order valence-electron chi connectivity index (χ1n) is 35.3. The molecule has 0 N–H and O–H groups in total. The Labute approximate surface area is 604 Å². The van der Waals surface area contributed by atoms with Gasteiger partial charge in [-0.25, -0.2) is 4.90 Å². The van der Waals surface area contributed by atoms with Crippen LogP contribution >= 0.6 is 0 Å². The van der Waals surface area contributed by atoms with Crippen LogP contribution in [0.1, 0.15) is 20.7 Å². The van der Waals surface area contributed by atoms with Crippen LogP contribution in [0.2, 0.25) is 0 Å². The van der Waals surface area contributed by atoms with E-state index in [9.17, 15) is 9.59 Å². The number of benzene rings is 16. The molecule has 7 nitrogen and oxygen atoms in total. The lowest BCUT2D eigenvalue weighted by atomic mass is 9.87. The van der Waals surface area contributed by atoms with Crippen molar-refractivity contribution in [2.24, 2.45) is 0 Å².